The van der Waals surface area contributed by atoms with Gasteiger partial charge in [-0.25, -0.2) is 4.98 Å². The average Bonchev–Trinajstić information content (AvgIpc) is 3.46. The molecule has 3 aromatic heterocycles. The van der Waals surface area contributed by atoms with Gasteiger partial charge in [0.1, 0.15) is 17.4 Å². The number of fused-ring (bicyclic) bond motifs is 1. The van der Waals surface area contributed by atoms with E-state index >= 15 is 0 Å². The van der Waals surface area contributed by atoms with E-state index in [4.69, 9.17) is 4.42 Å². The lowest BCUT2D eigenvalue weighted by molar-refractivity contribution is 0.420. The number of aromatic nitrogens is 5. The molecule has 2 N–H and O–H groups in total. The van der Waals surface area contributed by atoms with Crippen LogP contribution < -0.4 is 0 Å². The van der Waals surface area contributed by atoms with Crippen LogP contribution in [-0.2, 0) is 6.54 Å². The van der Waals surface area contributed by atoms with Gasteiger partial charge in [-0.05, 0) is 30.2 Å². The SMILES string of the molecule is CC(C)Cn1c(SCC(O)=C(C#N)c2nc3ccccc3[nH]2)nnc1-c1ccco1. The lowest BCUT2D eigenvalue weighted by Crippen LogP contribution is -2.08. The van der Waals surface area contributed by atoms with Crippen molar-refractivity contribution in [3.63, 3.8) is 0 Å². The van der Waals surface area contributed by atoms with Gasteiger partial charge in [-0.2, -0.15) is 5.26 Å². The minimum atomic E-state index is -0.0693. The lowest BCUT2D eigenvalue weighted by Gasteiger charge is -2.11. The number of benzene rings is 1. The molecule has 0 spiro atoms. The van der Waals surface area contributed by atoms with Gasteiger partial charge in [-0.3, -0.25) is 4.57 Å². The number of aliphatic hydroxyl groups is 1. The predicted molar refractivity (Wildman–Crippen MR) is 115 cm³/mol. The number of rotatable bonds is 7. The Bertz CT molecular complexity index is 1200. The normalized spacial score (nSPS) is 12.3. The highest BCUT2D eigenvalue weighted by molar-refractivity contribution is 7.99. The molecule has 0 bridgehead atoms. The van der Waals surface area contributed by atoms with Crippen LogP contribution in [0.1, 0.15) is 19.7 Å². The number of H-pyrrole nitrogens is 1. The number of para-hydroxylation sites is 2. The van der Waals surface area contributed by atoms with Gasteiger partial charge >= 0.3 is 0 Å². The molecule has 1 aromatic carbocycles. The van der Waals surface area contributed by atoms with E-state index in [2.05, 4.69) is 40.1 Å². The molecule has 30 heavy (non-hydrogen) atoms. The molecule has 0 atom stereocenters. The molecule has 0 saturated heterocycles. The number of thioether (sulfide) groups is 1. The Morgan fingerprint density at radius 2 is 2.10 bits per heavy atom. The Kier molecular flexibility index (Phi) is 5.59. The van der Waals surface area contributed by atoms with E-state index < -0.39 is 0 Å². The molecule has 0 unspecified atom stereocenters. The molecule has 4 aromatic rings. The molecule has 0 fully saturated rings. The van der Waals surface area contributed by atoms with Crippen LogP contribution in [0.5, 0.6) is 0 Å². The first kappa shape index (κ1) is 19.8. The van der Waals surface area contributed by atoms with Gasteiger partial charge in [0.05, 0.1) is 23.0 Å². The first-order valence-electron chi connectivity index (χ1n) is 9.44. The minimum absolute atomic E-state index is 0.0693. The molecule has 9 heteroatoms. The fourth-order valence-corrected chi connectivity index (χ4v) is 3.87. The van der Waals surface area contributed by atoms with E-state index in [1.54, 1.807) is 12.3 Å². The van der Waals surface area contributed by atoms with Crippen molar-refractivity contribution in [1.82, 2.24) is 24.7 Å². The van der Waals surface area contributed by atoms with Crippen LogP contribution in [0.25, 0.3) is 28.2 Å². The number of nitriles is 1. The third kappa shape index (κ3) is 3.95. The summed E-state index contributed by atoms with van der Waals surface area (Å²) in [5.41, 5.74) is 1.65. The van der Waals surface area contributed by atoms with Crippen molar-refractivity contribution >= 4 is 28.4 Å². The summed E-state index contributed by atoms with van der Waals surface area (Å²) in [6.07, 6.45) is 1.59. The summed E-state index contributed by atoms with van der Waals surface area (Å²) in [4.78, 5) is 7.48. The van der Waals surface area contributed by atoms with Gasteiger partial charge in [0.25, 0.3) is 0 Å². The molecule has 8 nitrogen and oxygen atoms in total. The third-order valence-electron chi connectivity index (χ3n) is 4.37. The van der Waals surface area contributed by atoms with Gasteiger partial charge in [0.2, 0.25) is 0 Å². The zero-order valence-corrected chi connectivity index (χ0v) is 17.3. The largest absolute Gasteiger partial charge is 0.510 e. The van der Waals surface area contributed by atoms with Gasteiger partial charge < -0.3 is 14.5 Å². The first-order valence-corrected chi connectivity index (χ1v) is 10.4. The van der Waals surface area contributed by atoms with Crippen LogP contribution in [0.4, 0.5) is 0 Å². The van der Waals surface area contributed by atoms with Crippen molar-refractivity contribution in [2.75, 3.05) is 5.75 Å². The Morgan fingerprint density at radius 3 is 2.80 bits per heavy atom. The molecule has 0 aliphatic heterocycles. The van der Waals surface area contributed by atoms with Gasteiger partial charge in [0.15, 0.2) is 22.6 Å². The second kappa shape index (κ2) is 8.47. The maximum atomic E-state index is 10.6. The summed E-state index contributed by atoms with van der Waals surface area (Å²) in [7, 11) is 0. The molecule has 0 aliphatic rings. The summed E-state index contributed by atoms with van der Waals surface area (Å²) in [5.74, 6) is 2.07. The fraction of sp³-hybridized carbons (Fsp3) is 0.238. The third-order valence-corrected chi connectivity index (χ3v) is 5.35. The monoisotopic (exact) mass is 420 g/mol. The van der Waals surface area contributed by atoms with Crippen LogP contribution in [0.3, 0.4) is 0 Å². The summed E-state index contributed by atoms with van der Waals surface area (Å²) in [5, 5.41) is 29.4. The summed E-state index contributed by atoms with van der Waals surface area (Å²) in [6.45, 7) is 4.91. The van der Waals surface area contributed by atoms with E-state index in [9.17, 15) is 10.4 Å². The number of nitrogens with zero attached hydrogens (tertiary/aromatic N) is 5. The number of allylic oxidation sites excluding steroid dienone is 1. The van der Waals surface area contributed by atoms with Crippen LogP contribution in [0.15, 0.2) is 58.0 Å². The van der Waals surface area contributed by atoms with Crippen LogP contribution >= 0.6 is 11.8 Å². The molecule has 0 aliphatic carbocycles. The van der Waals surface area contributed by atoms with Gasteiger partial charge in [0, 0.05) is 6.54 Å². The Morgan fingerprint density at radius 1 is 1.27 bits per heavy atom. The zero-order chi connectivity index (χ0) is 21.1. The van der Waals surface area contributed by atoms with E-state index in [0.717, 1.165) is 11.0 Å². The molecule has 0 saturated carbocycles. The first-order chi connectivity index (χ1) is 14.6. The molecule has 0 amide bonds. The molecule has 152 valence electrons. The maximum Gasteiger partial charge on any atom is 0.200 e. The highest BCUT2D eigenvalue weighted by atomic mass is 32.2. The number of hydrogen-bond donors (Lipinski definition) is 2. The number of nitrogens with one attached hydrogen (secondary N) is 1. The van der Waals surface area contributed by atoms with E-state index in [1.165, 1.54) is 11.8 Å². The van der Waals surface area contributed by atoms with Crippen molar-refractivity contribution in [2.24, 2.45) is 5.92 Å². The van der Waals surface area contributed by atoms with Crippen LogP contribution in [0.2, 0.25) is 0 Å². The minimum Gasteiger partial charge on any atom is -0.510 e. The second-order valence-corrected chi connectivity index (χ2v) is 8.06. The quantitative estimate of drug-likeness (QED) is 0.254. The predicted octanol–water partition coefficient (Wildman–Crippen LogP) is 4.66. The smallest absolute Gasteiger partial charge is 0.200 e. The Balaban J connectivity index is 1.61. The molecule has 4 rings (SSSR count). The van der Waals surface area contributed by atoms with E-state index in [-0.39, 0.29) is 17.1 Å². The lowest BCUT2D eigenvalue weighted by atomic mass is 10.2. The number of hydrogen-bond acceptors (Lipinski definition) is 7. The highest BCUT2D eigenvalue weighted by Gasteiger charge is 2.19. The van der Waals surface area contributed by atoms with Crippen molar-refractivity contribution in [2.45, 2.75) is 25.5 Å². The summed E-state index contributed by atoms with van der Waals surface area (Å²) >= 11 is 1.31. The molecule has 0 radical (unpaired) electrons. The van der Waals surface area contributed by atoms with Gasteiger partial charge in [-0.15, -0.1) is 10.2 Å². The number of imidazole rings is 1. The van der Waals surface area contributed by atoms with E-state index in [1.807, 2.05) is 34.9 Å². The molecule has 3 heterocycles. The Hall–Kier alpha value is -3.51. The van der Waals surface area contributed by atoms with E-state index in [0.29, 0.717) is 35.0 Å². The number of aromatic amines is 1. The summed E-state index contributed by atoms with van der Waals surface area (Å²) < 4.78 is 7.44. The molecular formula is C21H20N6O2S. The van der Waals surface area contributed by atoms with Gasteiger partial charge in [-0.1, -0.05) is 37.7 Å². The second-order valence-electron chi connectivity index (χ2n) is 7.11. The number of furan rings is 1. The topological polar surface area (TPSA) is 117 Å². The van der Waals surface area contributed by atoms with Crippen molar-refractivity contribution in [3.8, 4) is 17.7 Å². The average molecular weight is 420 g/mol. The summed E-state index contributed by atoms with van der Waals surface area (Å²) in [6, 6.07) is 13.2. The highest BCUT2D eigenvalue weighted by Crippen LogP contribution is 2.28. The number of aliphatic hydroxyl groups excluding tert-OH is 1. The zero-order valence-electron chi connectivity index (χ0n) is 16.5. The Labute approximate surface area is 177 Å². The van der Waals surface area contributed by atoms with Crippen LogP contribution in [0, 0.1) is 17.2 Å². The standard InChI is InChI=1S/C21H20N6O2S/c1-13(2)11-27-20(18-8-5-9-29-18)25-26-21(27)30-12-17(28)14(10-22)19-23-15-6-3-4-7-16(15)24-19/h3-9,13,28H,11-12H2,1-2H3,(H,23,24). The van der Waals surface area contributed by atoms with Crippen molar-refractivity contribution in [1.29, 1.82) is 5.26 Å². The van der Waals surface area contributed by atoms with Crippen molar-refractivity contribution < 1.29 is 9.52 Å². The molecular weight excluding hydrogens is 400 g/mol. The maximum absolute atomic E-state index is 10.6. The fourth-order valence-electron chi connectivity index (χ4n) is 3.04. The van der Waals surface area contributed by atoms with Crippen molar-refractivity contribution in [3.05, 3.63) is 54.2 Å². The van der Waals surface area contributed by atoms with Crippen LogP contribution in [-0.4, -0.2) is 35.6 Å².